The van der Waals surface area contributed by atoms with Gasteiger partial charge in [-0.1, -0.05) is 43.3 Å². The van der Waals surface area contributed by atoms with E-state index in [0.29, 0.717) is 11.2 Å². The van der Waals surface area contributed by atoms with Gasteiger partial charge in [0.15, 0.2) is 5.11 Å². The summed E-state index contributed by atoms with van der Waals surface area (Å²) in [6.45, 7) is 2.16. The number of fused-ring (bicyclic) bond motifs is 1. The molecule has 2 aromatic carbocycles. The molecule has 1 aliphatic carbocycles. The van der Waals surface area contributed by atoms with Gasteiger partial charge < -0.3 is 10.6 Å². The van der Waals surface area contributed by atoms with Gasteiger partial charge in [0, 0.05) is 5.69 Å². The fourth-order valence-electron chi connectivity index (χ4n) is 3.05. The number of thiocarbonyl (C=S) groups is 1. The van der Waals surface area contributed by atoms with Crippen molar-refractivity contribution in [3.63, 3.8) is 0 Å². The normalized spacial score (nSPS) is 16.7. The lowest BCUT2D eigenvalue weighted by molar-refractivity contribution is 0.529. The summed E-state index contributed by atoms with van der Waals surface area (Å²) in [6.07, 6.45) is 4.57. The van der Waals surface area contributed by atoms with Crippen LogP contribution in [-0.4, -0.2) is 5.11 Å². The highest BCUT2D eigenvalue weighted by molar-refractivity contribution is 7.80. The van der Waals surface area contributed by atoms with Gasteiger partial charge >= 0.3 is 0 Å². The second kappa shape index (κ2) is 6.93. The minimum atomic E-state index is 0.319. The van der Waals surface area contributed by atoms with E-state index in [4.69, 9.17) is 12.2 Å². The summed E-state index contributed by atoms with van der Waals surface area (Å²) < 4.78 is 0. The molecule has 0 saturated carbocycles. The van der Waals surface area contributed by atoms with Crippen molar-refractivity contribution in [3.05, 3.63) is 65.2 Å². The van der Waals surface area contributed by atoms with Crippen molar-refractivity contribution in [3.8, 4) is 0 Å². The van der Waals surface area contributed by atoms with Crippen LogP contribution >= 0.6 is 12.2 Å². The van der Waals surface area contributed by atoms with Crippen LogP contribution in [0.25, 0.3) is 0 Å². The number of hydrogen-bond acceptors (Lipinski definition) is 1. The molecule has 0 bridgehead atoms. The summed E-state index contributed by atoms with van der Waals surface area (Å²) in [7, 11) is 0. The highest BCUT2D eigenvalue weighted by Crippen LogP contribution is 2.29. The van der Waals surface area contributed by atoms with Crippen LogP contribution in [0, 0.1) is 0 Å². The van der Waals surface area contributed by atoms with Gasteiger partial charge in [-0.2, -0.15) is 0 Å². The standard InChI is InChI=1S/C19H22N2S/c1-2-14-10-12-16(13-11-14)20-19(22)21-18-9-5-7-15-6-3-4-8-17(15)18/h3-4,6,8,10-13,18H,2,5,7,9H2,1H3,(H2,20,21,22)/t18-/m0/s1. The molecule has 1 aliphatic rings. The van der Waals surface area contributed by atoms with Crippen molar-refractivity contribution in [2.45, 2.75) is 38.6 Å². The molecule has 0 spiro atoms. The van der Waals surface area contributed by atoms with Crippen molar-refractivity contribution < 1.29 is 0 Å². The van der Waals surface area contributed by atoms with Crippen LogP contribution in [0.5, 0.6) is 0 Å². The van der Waals surface area contributed by atoms with E-state index in [1.54, 1.807) is 0 Å². The van der Waals surface area contributed by atoms with E-state index >= 15 is 0 Å². The second-order valence-electron chi connectivity index (χ2n) is 5.79. The Morgan fingerprint density at radius 3 is 2.68 bits per heavy atom. The molecular weight excluding hydrogens is 288 g/mol. The Morgan fingerprint density at radius 1 is 1.14 bits per heavy atom. The molecule has 0 unspecified atom stereocenters. The summed E-state index contributed by atoms with van der Waals surface area (Å²) >= 11 is 5.48. The molecule has 2 aromatic rings. The summed E-state index contributed by atoms with van der Waals surface area (Å²) in [5.74, 6) is 0. The van der Waals surface area contributed by atoms with Gasteiger partial charge in [-0.3, -0.25) is 0 Å². The Hall–Kier alpha value is -1.87. The van der Waals surface area contributed by atoms with Crippen LogP contribution < -0.4 is 10.6 Å². The van der Waals surface area contributed by atoms with Crippen LogP contribution in [0.2, 0.25) is 0 Å². The molecule has 3 rings (SSSR count). The molecule has 3 heteroatoms. The zero-order valence-corrected chi connectivity index (χ0v) is 13.7. The van der Waals surface area contributed by atoms with Gasteiger partial charge in [-0.25, -0.2) is 0 Å². The molecule has 0 radical (unpaired) electrons. The average Bonchev–Trinajstić information content (AvgIpc) is 2.56. The van der Waals surface area contributed by atoms with E-state index in [1.165, 1.54) is 29.5 Å². The van der Waals surface area contributed by atoms with Gasteiger partial charge in [0.1, 0.15) is 0 Å². The maximum Gasteiger partial charge on any atom is 0.171 e. The van der Waals surface area contributed by atoms with Crippen LogP contribution in [-0.2, 0) is 12.8 Å². The first-order chi connectivity index (χ1) is 10.8. The van der Waals surface area contributed by atoms with Crippen molar-refractivity contribution in [2.75, 3.05) is 5.32 Å². The molecular formula is C19H22N2S. The van der Waals surface area contributed by atoms with Crippen LogP contribution in [0.1, 0.15) is 42.5 Å². The lowest BCUT2D eigenvalue weighted by atomic mass is 9.88. The topological polar surface area (TPSA) is 24.1 Å². The molecule has 22 heavy (non-hydrogen) atoms. The second-order valence-corrected chi connectivity index (χ2v) is 6.20. The van der Waals surface area contributed by atoms with Gasteiger partial charge in [-0.05, 0) is 66.7 Å². The summed E-state index contributed by atoms with van der Waals surface area (Å²) in [5.41, 5.74) is 5.21. The fraction of sp³-hybridized carbons (Fsp3) is 0.316. The third-order valence-electron chi connectivity index (χ3n) is 4.29. The Labute approximate surface area is 137 Å². The summed E-state index contributed by atoms with van der Waals surface area (Å²) in [4.78, 5) is 0. The minimum absolute atomic E-state index is 0.319. The van der Waals surface area contributed by atoms with E-state index in [-0.39, 0.29) is 0 Å². The SMILES string of the molecule is CCc1ccc(NC(=S)N[C@H]2CCCc3ccccc32)cc1. The molecule has 0 aromatic heterocycles. The third-order valence-corrected chi connectivity index (χ3v) is 4.51. The van der Waals surface area contributed by atoms with E-state index in [0.717, 1.165) is 18.5 Å². The zero-order valence-electron chi connectivity index (χ0n) is 12.9. The van der Waals surface area contributed by atoms with Crippen LogP contribution in [0.15, 0.2) is 48.5 Å². The number of nitrogens with one attached hydrogen (secondary N) is 2. The van der Waals surface area contributed by atoms with Gasteiger partial charge in [-0.15, -0.1) is 0 Å². The largest absolute Gasteiger partial charge is 0.356 e. The number of anilines is 1. The number of rotatable bonds is 3. The van der Waals surface area contributed by atoms with Crippen molar-refractivity contribution in [2.24, 2.45) is 0 Å². The Kier molecular flexibility index (Phi) is 4.74. The lowest BCUT2D eigenvalue weighted by Gasteiger charge is -2.27. The molecule has 0 saturated heterocycles. The number of benzene rings is 2. The smallest absolute Gasteiger partial charge is 0.171 e. The molecule has 1 atom stereocenters. The minimum Gasteiger partial charge on any atom is -0.356 e. The van der Waals surface area contributed by atoms with Crippen molar-refractivity contribution in [1.29, 1.82) is 0 Å². The maximum atomic E-state index is 5.48. The Morgan fingerprint density at radius 2 is 1.91 bits per heavy atom. The monoisotopic (exact) mass is 310 g/mol. The van der Waals surface area contributed by atoms with E-state index in [1.807, 2.05) is 0 Å². The fourth-order valence-corrected chi connectivity index (χ4v) is 3.31. The maximum absolute atomic E-state index is 5.48. The molecule has 114 valence electrons. The molecule has 0 heterocycles. The number of hydrogen-bond donors (Lipinski definition) is 2. The van der Waals surface area contributed by atoms with Crippen LogP contribution in [0.3, 0.4) is 0 Å². The predicted molar refractivity (Wildman–Crippen MR) is 97.3 cm³/mol. The van der Waals surface area contributed by atoms with E-state index in [2.05, 4.69) is 66.1 Å². The van der Waals surface area contributed by atoms with Crippen molar-refractivity contribution in [1.82, 2.24) is 5.32 Å². The molecule has 2 N–H and O–H groups in total. The first-order valence-corrected chi connectivity index (χ1v) is 8.41. The first kappa shape index (κ1) is 15.0. The third kappa shape index (κ3) is 3.47. The predicted octanol–water partition coefficient (Wildman–Crippen LogP) is 4.61. The highest BCUT2D eigenvalue weighted by atomic mass is 32.1. The number of aryl methyl sites for hydroxylation is 2. The zero-order chi connectivity index (χ0) is 15.4. The molecule has 0 amide bonds. The molecule has 0 aliphatic heterocycles. The van der Waals surface area contributed by atoms with Gasteiger partial charge in [0.05, 0.1) is 6.04 Å². The molecule has 0 fully saturated rings. The average molecular weight is 310 g/mol. The van der Waals surface area contributed by atoms with E-state index < -0.39 is 0 Å². The highest BCUT2D eigenvalue weighted by Gasteiger charge is 2.20. The van der Waals surface area contributed by atoms with Crippen molar-refractivity contribution >= 4 is 23.0 Å². The van der Waals surface area contributed by atoms with Gasteiger partial charge in [0.2, 0.25) is 0 Å². The quantitative estimate of drug-likeness (QED) is 0.809. The van der Waals surface area contributed by atoms with E-state index in [9.17, 15) is 0 Å². The summed E-state index contributed by atoms with van der Waals surface area (Å²) in [6, 6.07) is 17.4. The molecule has 2 nitrogen and oxygen atoms in total. The Bertz CT molecular complexity index is 649. The Balaban J connectivity index is 1.65. The first-order valence-electron chi connectivity index (χ1n) is 8.00. The summed E-state index contributed by atoms with van der Waals surface area (Å²) in [5, 5.41) is 7.46. The van der Waals surface area contributed by atoms with Crippen LogP contribution in [0.4, 0.5) is 5.69 Å². The lowest BCUT2D eigenvalue weighted by Crippen LogP contribution is -2.34. The van der Waals surface area contributed by atoms with Gasteiger partial charge in [0.25, 0.3) is 0 Å².